The van der Waals surface area contributed by atoms with Crippen molar-refractivity contribution >= 4 is 15.9 Å². The van der Waals surface area contributed by atoms with Crippen molar-refractivity contribution in [2.75, 3.05) is 7.05 Å². The summed E-state index contributed by atoms with van der Waals surface area (Å²) in [5.41, 5.74) is 2.27. The van der Waals surface area contributed by atoms with E-state index in [9.17, 15) is 0 Å². The molecular formula is C15H16BrNO. The fourth-order valence-corrected chi connectivity index (χ4v) is 2.09. The average Bonchev–Trinajstić information content (AvgIpc) is 2.36. The van der Waals surface area contributed by atoms with Gasteiger partial charge in [-0.25, -0.2) is 0 Å². The zero-order valence-electron chi connectivity index (χ0n) is 10.5. The van der Waals surface area contributed by atoms with Crippen LogP contribution in [-0.2, 0) is 6.54 Å². The SMILES string of the molecule is CNCc1ccc(Br)cc1Oc1ccccc1C. The predicted molar refractivity (Wildman–Crippen MR) is 78.2 cm³/mol. The fraction of sp³-hybridized carbons (Fsp3) is 0.200. The molecule has 0 atom stereocenters. The third-order valence-corrected chi connectivity index (χ3v) is 3.20. The topological polar surface area (TPSA) is 21.3 Å². The van der Waals surface area contributed by atoms with E-state index in [0.717, 1.165) is 33.6 Å². The van der Waals surface area contributed by atoms with Crippen molar-refractivity contribution in [3.05, 3.63) is 58.1 Å². The fourth-order valence-electron chi connectivity index (χ4n) is 1.75. The standard InChI is InChI=1S/C15H16BrNO/c1-11-5-3-4-6-14(11)18-15-9-13(16)8-7-12(15)10-17-2/h3-9,17H,10H2,1-2H3. The van der Waals surface area contributed by atoms with Gasteiger partial charge in [0.2, 0.25) is 0 Å². The zero-order chi connectivity index (χ0) is 13.0. The Morgan fingerprint density at radius 3 is 2.61 bits per heavy atom. The van der Waals surface area contributed by atoms with E-state index in [1.807, 2.05) is 50.4 Å². The molecule has 0 amide bonds. The third kappa shape index (κ3) is 3.12. The summed E-state index contributed by atoms with van der Waals surface area (Å²) in [6.45, 7) is 2.83. The number of nitrogens with one attached hydrogen (secondary N) is 1. The summed E-state index contributed by atoms with van der Waals surface area (Å²) in [4.78, 5) is 0. The van der Waals surface area contributed by atoms with Crippen LogP contribution in [0.15, 0.2) is 46.9 Å². The minimum Gasteiger partial charge on any atom is -0.457 e. The van der Waals surface area contributed by atoms with Crippen LogP contribution in [0.3, 0.4) is 0 Å². The molecule has 0 radical (unpaired) electrons. The Hall–Kier alpha value is -1.32. The molecule has 0 fully saturated rings. The second kappa shape index (κ2) is 6.03. The number of rotatable bonds is 4. The first kappa shape index (κ1) is 13.1. The lowest BCUT2D eigenvalue weighted by Gasteiger charge is -2.13. The lowest BCUT2D eigenvalue weighted by Crippen LogP contribution is -2.06. The Morgan fingerprint density at radius 1 is 1.11 bits per heavy atom. The summed E-state index contributed by atoms with van der Waals surface area (Å²) in [6.07, 6.45) is 0. The van der Waals surface area contributed by atoms with Crippen LogP contribution >= 0.6 is 15.9 Å². The first-order chi connectivity index (χ1) is 8.70. The van der Waals surface area contributed by atoms with Gasteiger partial charge in [-0.15, -0.1) is 0 Å². The summed E-state index contributed by atoms with van der Waals surface area (Å²) in [5.74, 6) is 1.78. The quantitative estimate of drug-likeness (QED) is 0.911. The number of hydrogen-bond acceptors (Lipinski definition) is 2. The molecule has 0 aliphatic heterocycles. The molecule has 2 nitrogen and oxygen atoms in total. The third-order valence-electron chi connectivity index (χ3n) is 2.71. The van der Waals surface area contributed by atoms with Crippen LogP contribution in [-0.4, -0.2) is 7.05 Å². The number of para-hydroxylation sites is 1. The van der Waals surface area contributed by atoms with Gasteiger partial charge in [-0.1, -0.05) is 40.2 Å². The van der Waals surface area contributed by atoms with Gasteiger partial charge in [0.15, 0.2) is 0 Å². The Morgan fingerprint density at radius 2 is 1.89 bits per heavy atom. The molecular weight excluding hydrogens is 290 g/mol. The highest BCUT2D eigenvalue weighted by atomic mass is 79.9. The molecule has 0 unspecified atom stereocenters. The second-order valence-electron chi connectivity index (χ2n) is 4.15. The van der Waals surface area contributed by atoms with E-state index in [4.69, 9.17) is 4.74 Å². The van der Waals surface area contributed by atoms with E-state index < -0.39 is 0 Å². The Bertz CT molecular complexity index is 540. The smallest absolute Gasteiger partial charge is 0.133 e. The van der Waals surface area contributed by atoms with Gasteiger partial charge >= 0.3 is 0 Å². The summed E-state index contributed by atoms with van der Waals surface area (Å²) in [5, 5.41) is 3.15. The van der Waals surface area contributed by atoms with Gasteiger partial charge in [0.1, 0.15) is 11.5 Å². The summed E-state index contributed by atoms with van der Waals surface area (Å²) in [6, 6.07) is 14.1. The molecule has 2 rings (SSSR count). The maximum absolute atomic E-state index is 6.00. The van der Waals surface area contributed by atoms with E-state index in [0.29, 0.717) is 0 Å². The first-order valence-corrected chi connectivity index (χ1v) is 6.66. The molecule has 2 aromatic carbocycles. The van der Waals surface area contributed by atoms with Gasteiger partial charge in [-0.05, 0) is 37.7 Å². The lowest BCUT2D eigenvalue weighted by molar-refractivity contribution is 0.470. The molecule has 0 aliphatic carbocycles. The molecule has 0 bridgehead atoms. The van der Waals surface area contributed by atoms with Crippen LogP contribution in [0.5, 0.6) is 11.5 Å². The Labute approximate surface area is 116 Å². The molecule has 1 N–H and O–H groups in total. The Balaban J connectivity index is 2.33. The highest BCUT2D eigenvalue weighted by molar-refractivity contribution is 9.10. The maximum Gasteiger partial charge on any atom is 0.133 e. The van der Waals surface area contributed by atoms with E-state index in [2.05, 4.69) is 27.3 Å². The predicted octanol–water partition coefficient (Wildman–Crippen LogP) is 4.27. The normalized spacial score (nSPS) is 10.4. The van der Waals surface area contributed by atoms with Gasteiger partial charge in [-0.3, -0.25) is 0 Å². The summed E-state index contributed by atoms with van der Waals surface area (Å²) >= 11 is 3.48. The van der Waals surface area contributed by atoms with Crippen LogP contribution in [0.4, 0.5) is 0 Å². The van der Waals surface area contributed by atoms with E-state index in [1.165, 1.54) is 0 Å². The number of ether oxygens (including phenoxy) is 1. The van der Waals surface area contributed by atoms with Gasteiger partial charge in [0, 0.05) is 16.6 Å². The van der Waals surface area contributed by atoms with Crippen LogP contribution < -0.4 is 10.1 Å². The van der Waals surface area contributed by atoms with Crippen molar-refractivity contribution in [2.45, 2.75) is 13.5 Å². The van der Waals surface area contributed by atoms with E-state index in [1.54, 1.807) is 0 Å². The van der Waals surface area contributed by atoms with Crippen LogP contribution in [0.1, 0.15) is 11.1 Å². The van der Waals surface area contributed by atoms with Gasteiger partial charge in [0.25, 0.3) is 0 Å². The number of benzene rings is 2. The second-order valence-corrected chi connectivity index (χ2v) is 5.07. The van der Waals surface area contributed by atoms with Gasteiger partial charge < -0.3 is 10.1 Å². The summed E-state index contributed by atoms with van der Waals surface area (Å²) in [7, 11) is 1.93. The van der Waals surface area contributed by atoms with E-state index >= 15 is 0 Å². The molecule has 94 valence electrons. The highest BCUT2D eigenvalue weighted by Gasteiger charge is 2.06. The van der Waals surface area contributed by atoms with Crippen LogP contribution in [0.25, 0.3) is 0 Å². The minimum atomic E-state index is 0.786. The highest BCUT2D eigenvalue weighted by Crippen LogP contribution is 2.30. The summed E-state index contributed by atoms with van der Waals surface area (Å²) < 4.78 is 7.02. The molecule has 0 spiro atoms. The zero-order valence-corrected chi connectivity index (χ0v) is 12.1. The largest absolute Gasteiger partial charge is 0.457 e. The minimum absolute atomic E-state index is 0.786. The molecule has 0 saturated heterocycles. The van der Waals surface area contributed by atoms with Crippen molar-refractivity contribution in [3.8, 4) is 11.5 Å². The molecule has 0 heterocycles. The van der Waals surface area contributed by atoms with Crippen LogP contribution in [0, 0.1) is 6.92 Å². The number of aryl methyl sites for hydroxylation is 1. The molecule has 18 heavy (non-hydrogen) atoms. The van der Waals surface area contributed by atoms with E-state index in [-0.39, 0.29) is 0 Å². The molecule has 2 aromatic rings. The monoisotopic (exact) mass is 305 g/mol. The van der Waals surface area contributed by atoms with Crippen molar-refractivity contribution < 1.29 is 4.74 Å². The number of hydrogen-bond donors (Lipinski definition) is 1. The number of halogens is 1. The van der Waals surface area contributed by atoms with Gasteiger partial charge in [0.05, 0.1) is 0 Å². The molecule has 0 saturated carbocycles. The lowest BCUT2D eigenvalue weighted by atomic mass is 10.2. The molecule has 0 aromatic heterocycles. The van der Waals surface area contributed by atoms with Crippen molar-refractivity contribution in [1.29, 1.82) is 0 Å². The average molecular weight is 306 g/mol. The van der Waals surface area contributed by atoms with Crippen molar-refractivity contribution in [3.63, 3.8) is 0 Å². The van der Waals surface area contributed by atoms with Crippen molar-refractivity contribution in [1.82, 2.24) is 5.32 Å². The van der Waals surface area contributed by atoms with Gasteiger partial charge in [-0.2, -0.15) is 0 Å². The van der Waals surface area contributed by atoms with Crippen LogP contribution in [0.2, 0.25) is 0 Å². The molecule has 3 heteroatoms. The maximum atomic E-state index is 6.00. The molecule has 0 aliphatic rings. The Kier molecular flexibility index (Phi) is 4.39. The van der Waals surface area contributed by atoms with Crippen molar-refractivity contribution in [2.24, 2.45) is 0 Å². The first-order valence-electron chi connectivity index (χ1n) is 5.87.